The molecule has 1 aliphatic rings. The van der Waals surface area contributed by atoms with E-state index in [0.29, 0.717) is 0 Å². The number of carbonyl (C=O) groups is 2. The first-order valence-electron chi connectivity index (χ1n) is 11.1. The first-order valence-corrected chi connectivity index (χ1v) is 12.5. The van der Waals surface area contributed by atoms with E-state index in [1.807, 2.05) is 18.2 Å². The van der Waals surface area contributed by atoms with Crippen LogP contribution < -0.4 is 14.8 Å². The lowest BCUT2D eigenvalue weighted by molar-refractivity contribution is -0.143. The lowest BCUT2D eigenvalue weighted by Gasteiger charge is -2.19. The highest BCUT2D eigenvalue weighted by molar-refractivity contribution is 7.89. The number of esters is 1. The zero-order valence-corrected chi connectivity index (χ0v) is 19.7. The minimum atomic E-state index is -3.88. The molecule has 33 heavy (non-hydrogen) atoms. The summed E-state index contributed by atoms with van der Waals surface area (Å²) in [7, 11) is -2.50. The van der Waals surface area contributed by atoms with Gasteiger partial charge in [0.2, 0.25) is 10.0 Å². The Bertz CT molecular complexity index is 1070. The molecule has 2 N–H and O–H groups in total. The molecular formula is C24H30N2O6S. The molecule has 0 radical (unpaired) electrons. The van der Waals surface area contributed by atoms with Crippen molar-refractivity contribution in [1.29, 1.82) is 0 Å². The van der Waals surface area contributed by atoms with Gasteiger partial charge in [-0.15, -0.1) is 0 Å². The predicted octanol–water partition coefficient (Wildman–Crippen LogP) is 3.34. The van der Waals surface area contributed by atoms with Crippen LogP contribution in [0.1, 0.15) is 61.0 Å². The molecular weight excluding hydrogens is 444 g/mol. The van der Waals surface area contributed by atoms with E-state index < -0.39 is 27.9 Å². The Hall–Kier alpha value is -2.91. The van der Waals surface area contributed by atoms with Crippen molar-refractivity contribution in [2.75, 3.05) is 13.7 Å². The van der Waals surface area contributed by atoms with Gasteiger partial charge in [0.25, 0.3) is 5.91 Å². The van der Waals surface area contributed by atoms with Crippen LogP contribution in [0.25, 0.3) is 0 Å². The molecule has 1 fully saturated rings. The molecule has 2 aromatic rings. The minimum Gasteiger partial charge on any atom is -0.495 e. The van der Waals surface area contributed by atoms with E-state index in [2.05, 4.69) is 10.0 Å². The van der Waals surface area contributed by atoms with Crippen molar-refractivity contribution in [3.63, 3.8) is 0 Å². The summed E-state index contributed by atoms with van der Waals surface area (Å²) < 4.78 is 39.1. The van der Waals surface area contributed by atoms with Gasteiger partial charge in [0.1, 0.15) is 10.6 Å². The Morgan fingerprint density at radius 2 is 1.79 bits per heavy atom. The van der Waals surface area contributed by atoms with Gasteiger partial charge < -0.3 is 14.8 Å². The number of carbonyl (C=O) groups excluding carboxylic acids is 2. The molecule has 2 aromatic carbocycles. The van der Waals surface area contributed by atoms with Crippen LogP contribution >= 0.6 is 0 Å². The number of hydrogen-bond donors (Lipinski definition) is 2. The Morgan fingerprint density at radius 1 is 1.09 bits per heavy atom. The number of benzene rings is 2. The van der Waals surface area contributed by atoms with Crippen molar-refractivity contribution < 1.29 is 27.5 Å². The Kier molecular flexibility index (Phi) is 8.46. The highest BCUT2D eigenvalue weighted by Gasteiger charge is 2.27. The van der Waals surface area contributed by atoms with Crippen molar-refractivity contribution in [3.05, 3.63) is 59.7 Å². The molecule has 0 bridgehead atoms. The molecule has 9 heteroatoms. The third-order valence-electron chi connectivity index (χ3n) is 5.58. The van der Waals surface area contributed by atoms with E-state index in [1.165, 1.54) is 25.3 Å². The van der Waals surface area contributed by atoms with Gasteiger partial charge >= 0.3 is 5.97 Å². The average Bonchev–Trinajstić information content (AvgIpc) is 3.31. The number of amides is 1. The normalized spacial score (nSPS) is 15.1. The molecule has 0 heterocycles. The van der Waals surface area contributed by atoms with Crippen LogP contribution in [0.2, 0.25) is 0 Å². The summed E-state index contributed by atoms with van der Waals surface area (Å²) in [4.78, 5) is 25.1. The van der Waals surface area contributed by atoms with E-state index in [1.54, 1.807) is 19.1 Å². The van der Waals surface area contributed by atoms with Crippen LogP contribution in [-0.4, -0.2) is 40.1 Å². The number of rotatable bonds is 10. The van der Waals surface area contributed by atoms with Gasteiger partial charge in [0, 0.05) is 11.6 Å². The standard InChI is InChI=1S/C24H30N2O6S/c1-3-32-23(27)16-20(17-9-5-4-6-10-17)25-24(28)18-13-14-21(31-2)22(15-18)33(29,30)26-19-11-7-8-12-19/h4-6,9-10,13-15,19-20,26H,3,7-8,11-12,16H2,1-2H3,(H,25,28). The molecule has 8 nitrogen and oxygen atoms in total. The van der Waals surface area contributed by atoms with Crippen LogP contribution in [0.15, 0.2) is 53.4 Å². The Morgan fingerprint density at radius 3 is 2.42 bits per heavy atom. The molecule has 3 rings (SSSR count). The summed E-state index contributed by atoms with van der Waals surface area (Å²) in [6, 6.07) is 12.6. The lowest BCUT2D eigenvalue weighted by Crippen LogP contribution is -2.33. The van der Waals surface area contributed by atoms with E-state index in [-0.39, 0.29) is 35.3 Å². The summed E-state index contributed by atoms with van der Waals surface area (Å²) in [5.41, 5.74) is 0.885. The molecule has 1 aliphatic carbocycles. The maximum atomic E-state index is 13.1. The highest BCUT2D eigenvalue weighted by atomic mass is 32.2. The quantitative estimate of drug-likeness (QED) is 0.511. The SMILES string of the molecule is CCOC(=O)CC(NC(=O)c1ccc(OC)c(S(=O)(=O)NC2CCCC2)c1)c1ccccc1. The summed E-state index contributed by atoms with van der Waals surface area (Å²) in [6.07, 6.45) is 3.49. The van der Waals surface area contributed by atoms with Gasteiger partial charge in [-0.2, -0.15) is 0 Å². The van der Waals surface area contributed by atoms with Crippen molar-refractivity contribution in [2.45, 2.75) is 56.0 Å². The number of sulfonamides is 1. The molecule has 0 aromatic heterocycles. The van der Waals surface area contributed by atoms with Crippen LogP contribution in [-0.2, 0) is 19.6 Å². The topological polar surface area (TPSA) is 111 Å². The van der Waals surface area contributed by atoms with Crippen LogP contribution in [0.3, 0.4) is 0 Å². The molecule has 1 saturated carbocycles. The molecule has 0 saturated heterocycles. The van der Waals surface area contributed by atoms with E-state index in [9.17, 15) is 18.0 Å². The fourth-order valence-electron chi connectivity index (χ4n) is 3.92. The molecule has 0 aliphatic heterocycles. The maximum absolute atomic E-state index is 13.1. The Balaban J connectivity index is 1.85. The van der Waals surface area contributed by atoms with Crippen LogP contribution in [0, 0.1) is 0 Å². The molecule has 1 unspecified atom stereocenters. The second-order valence-corrected chi connectivity index (χ2v) is 9.60. The van der Waals surface area contributed by atoms with Crippen molar-refractivity contribution in [3.8, 4) is 5.75 Å². The second kappa shape index (κ2) is 11.3. The summed E-state index contributed by atoms with van der Waals surface area (Å²) in [5.74, 6) is -0.790. The predicted molar refractivity (Wildman–Crippen MR) is 123 cm³/mol. The van der Waals surface area contributed by atoms with Gasteiger partial charge in [-0.25, -0.2) is 13.1 Å². The second-order valence-electron chi connectivity index (χ2n) is 7.91. The van der Waals surface area contributed by atoms with Gasteiger partial charge in [-0.3, -0.25) is 9.59 Å². The zero-order valence-electron chi connectivity index (χ0n) is 18.9. The van der Waals surface area contributed by atoms with Crippen molar-refractivity contribution >= 4 is 21.9 Å². The third-order valence-corrected chi connectivity index (χ3v) is 7.12. The van der Waals surface area contributed by atoms with E-state index in [4.69, 9.17) is 9.47 Å². The molecule has 0 spiro atoms. The molecule has 1 atom stereocenters. The van der Waals surface area contributed by atoms with E-state index in [0.717, 1.165) is 31.2 Å². The number of methoxy groups -OCH3 is 1. The highest BCUT2D eigenvalue weighted by Crippen LogP contribution is 2.28. The first-order chi connectivity index (χ1) is 15.8. The molecule has 1 amide bonds. The summed E-state index contributed by atoms with van der Waals surface area (Å²) >= 11 is 0. The molecule has 178 valence electrons. The first kappa shape index (κ1) is 24.7. The number of hydrogen-bond acceptors (Lipinski definition) is 6. The number of ether oxygens (including phenoxy) is 2. The van der Waals surface area contributed by atoms with E-state index >= 15 is 0 Å². The largest absolute Gasteiger partial charge is 0.495 e. The van der Waals surface area contributed by atoms with Crippen LogP contribution in [0.5, 0.6) is 5.75 Å². The third kappa shape index (κ3) is 6.55. The van der Waals surface area contributed by atoms with Gasteiger partial charge in [0.05, 0.1) is 26.2 Å². The lowest BCUT2D eigenvalue weighted by atomic mass is 10.0. The Labute approximate surface area is 194 Å². The van der Waals surface area contributed by atoms with Gasteiger partial charge in [-0.05, 0) is 43.5 Å². The van der Waals surface area contributed by atoms with Crippen molar-refractivity contribution in [2.24, 2.45) is 0 Å². The summed E-state index contributed by atoms with van der Waals surface area (Å²) in [5, 5.41) is 2.83. The smallest absolute Gasteiger partial charge is 0.308 e. The fourth-order valence-corrected chi connectivity index (χ4v) is 5.42. The van der Waals surface area contributed by atoms with Crippen molar-refractivity contribution in [1.82, 2.24) is 10.0 Å². The van der Waals surface area contributed by atoms with Gasteiger partial charge in [0.15, 0.2) is 0 Å². The van der Waals surface area contributed by atoms with Crippen LogP contribution in [0.4, 0.5) is 0 Å². The number of nitrogens with one attached hydrogen (secondary N) is 2. The minimum absolute atomic E-state index is 0.0475. The monoisotopic (exact) mass is 474 g/mol. The fraction of sp³-hybridized carbons (Fsp3) is 0.417. The average molecular weight is 475 g/mol. The maximum Gasteiger partial charge on any atom is 0.308 e. The van der Waals surface area contributed by atoms with Gasteiger partial charge in [-0.1, -0.05) is 43.2 Å². The summed E-state index contributed by atoms with van der Waals surface area (Å²) in [6.45, 7) is 1.95. The zero-order chi connectivity index (χ0) is 23.8.